The number of aromatic carboxylic acids is 1. The first-order chi connectivity index (χ1) is 13.4. The number of aryl methyl sites for hydroxylation is 1. The molecule has 1 aliphatic heterocycles. The fourth-order valence-electron chi connectivity index (χ4n) is 4.13. The molecule has 2 aromatic rings. The van der Waals surface area contributed by atoms with E-state index in [0.717, 1.165) is 32.2 Å². The third-order valence-corrected chi connectivity index (χ3v) is 5.71. The second-order valence-electron chi connectivity index (χ2n) is 7.67. The molecule has 1 aromatic heterocycles. The number of pyridine rings is 1. The summed E-state index contributed by atoms with van der Waals surface area (Å²) in [5, 5.41) is 9.59. The summed E-state index contributed by atoms with van der Waals surface area (Å²) in [6.07, 6.45) is 7.12. The number of hydrogen-bond donors (Lipinski definition) is 2. The lowest BCUT2D eigenvalue weighted by molar-refractivity contribution is 0.0695. The zero-order valence-corrected chi connectivity index (χ0v) is 15.9. The lowest BCUT2D eigenvalue weighted by Crippen LogP contribution is -2.32. The molecule has 2 fully saturated rings. The second-order valence-corrected chi connectivity index (χ2v) is 7.67. The first kappa shape index (κ1) is 18.7. The fraction of sp³-hybridized carbons (Fsp3) is 0.429. The van der Waals surface area contributed by atoms with E-state index in [4.69, 9.17) is 5.73 Å². The average molecular weight is 385 g/mol. The van der Waals surface area contributed by atoms with Gasteiger partial charge >= 0.3 is 5.97 Å². The Balaban J connectivity index is 1.93. The number of carboxylic acid groups (broad SMARTS) is 1. The predicted octanol–water partition coefficient (Wildman–Crippen LogP) is 2.97. The van der Waals surface area contributed by atoms with E-state index in [-0.39, 0.29) is 22.6 Å². The van der Waals surface area contributed by atoms with Crippen LogP contribution in [0.4, 0.5) is 10.1 Å². The Morgan fingerprint density at radius 1 is 1.43 bits per heavy atom. The lowest BCUT2D eigenvalue weighted by Gasteiger charge is -2.32. The quantitative estimate of drug-likeness (QED) is 0.790. The summed E-state index contributed by atoms with van der Waals surface area (Å²) in [6, 6.07) is 1.88. The van der Waals surface area contributed by atoms with Gasteiger partial charge in [0, 0.05) is 37.4 Å². The number of piperidine rings is 1. The highest BCUT2D eigenvalue weighted by Gasteiger charge is 2.29. The van der Waals surface area contributed by atoms with Crippen molar-refractivity contribution in [2.45, 2.75) is 38.6 Å². The van der Waals surface area contributed by atoms with Crippen LogP contribution in [0.15, 0.2) is 28.7 Å². The molecule has 0 radical (unpaired) electrons. The minimum atomic E-state index is -1.28. The highest BCUT2D eigenvalue weighted by molar-refractivity contribution is 5.95. The van der Waals surface area contributed by atoms with E-state index in [1.807, 2.05) is 15.5 Å². The summed E-state index contributed by atoms with van der Waals surface area (Å²) in [5.41, 5.74) is 7.18. The summed E-state index contributed by atoms with van der Waals surface area (Å²) in [6.45, 7) is 3.36. The van der Waals surface area contributed by atoms with Crippen molar-refractivity contribution in [3.8, 4) is 0 Å². The van der Waals surface area contributed by atoms with Crippen LogP contribution in [0.5, 0.6) is 0 Å². The maximum atomic E-state index is 15.3. The molecule has 148 valence electrons. The minimum Gasteiger partial charge on any atom is -0.477 e. The Bertz CT molecular complexity index is 1050. The maximum absolute atomic E-state index is 15.3. The SMILES string of the molecule is Cc1c(F)c(N2CCC/C(=C\CN)C2)cc2c1c(=O)c(C(=O)O)cn2C1CC1. The van der Waals surface area contributed by atoms with Gasteiger partial charge in [-0.3, -0.25) is 4.79 Å². The van der Waals surface area contributed by atoms with E-state index in [0.29, 0.717) is 24.3 Å². The third-order valence-electron chi connectivity index (χ3n) is 5.71. The van der Waals surface area contributed by atoms with Crippen molar-refractivity contribution in [2.24, 2.45) is 5.73 Å². The third kappa shape index (κ3) is 3.09. The molecule has 1 saturated carbocycles. The van der Waals surface area contributed by atoms with Gasteiger partial charge in [-0.25, -0.2) is 9.18 Å². The van der Waals surface area contributed by atoms with Gasteiger partial charge in [0.2, 0.25) is 5.43 Å². The van der Waals surface area contributed by atoms with Gasteiger partial charge in [0.05, 0.1) is 16.6 Å². The smallest absolute Gasteiger partial charge is 0.341 e. The topological polar surface area (TPSA) is 88.6 Å². The summed E-state index contributed by atoms with van der Waals surface area (Å²) in [7, 11) is 0. The van der Waals surface area contributed by atoms with Crippen molar-refractivity contribution in [1.29, 1.82) is 0 Å². The molecule has 0 spiro atoms. The number of anilines is 1. The number of aromatic nitrogens is 1. The van der Waals surface area contributed by atoms with E-state index >= 15 is 4.39 Å². The van der Waals surface area contributed by atoms with Crippen LogP contribution in [0.3, 0.4) is 0 Å². The molecular weight excluding hydrogens is 361 g/mol. The number of nitrogens with two attached hydrogens (primary N) is 1. The van der Waals surface area contributed by atoms with Crippen LogP contribution in [-0.4, -0.2) is 35.3 Å². The Labute approximate surface area is 162 Å². The first-order valence-corrected chi connectivity index (χ1v) is 9.66. The van der Waals surface area contributed by atoms with Gasteiger partial charge in [-0.2, -0.15) is 0 Å². The zero-order valence-electron chi connectivity index (χ0n) is 15.9. The lowest BCUT2D eigenvalue weighted by atomic mass is 10.0. The maximum Gasteiger partial charge on any atom is 0.341 e. The molecule has 7 heteroatoms. The number of hydrogen-bond acceptors (Lipinski definition) is 4. The highest BCUT2D eigenvalue weighted by Crippen LogP contribution is 2.39. The summed E-state index contributed by atoms with van der Waals surface area (Å²) < 4.78 is 17.2. The molecule has 3 N–H and O–H groups in total. The van der Waals surface area contributed by atoms with E-state index in [2.05, 4.69) is 0 Å². The molecule has 1 aliphatic carbocycles. The average Bonchev–Trinajstić information content (AvgIpc) is 3.50. The van der Waals surface area contributed by atoms with E-state index in [9.17, 15) is 14.7 Å². The van der Waals surface area contributed by atoms with Crippen molar-refractivity contribution in [3.05, 3.63) is 51.1 Å². The second kappa shape index (κ2) is 7.05. The van der Waals surface area contributed by atoms with Crippen LogP contribution in [-0.2, 0) is 0 Å². The number of fused-ring (bicyclic) bond motifs is 1. The van der Waals surface area contributed by atoms with Crippen molar-refractivity contribution < 1.29 is 14.3 Å². The molecule has 0 bridgehead atoms. The van der Waals surface area contributed by atoms with Crippen LogP contribution >= 0.6 is 0 Å². The molecule has 4 rings (SSSR count). The van der Waals surface area contributed by atoms with Gasteiger partial charge in [-0.05, 0) is 38.7 Å². The molecule has 0 amide bonds. The normalized spacial score (nSPS) is 18.8. The van der Waals surface area contributed by atoms with Crippen molar-refractivity contribution >= 4 is 22.6 Å². The van der Waals surface area contributed by atoms with Crippen LogP contribution in [0.2, 0.25) is 0 Å². The van der Waals surface area contributed by atoms with Crippen LogP contribution < -0.4 is 16.1 Å². The Hall–Kier alpha value is -2.67. The molecule has 2 heterocycles. The molecule has 2 aliphatic rings. The standard InChI is InChI=1S/C21H24FN3O3/c1-12-18-16(25(14-4-5-14)11-15(20(18)26)21(27)28)9-17(19(12)22)24-8-2-3-13(10-24)6-7-23/h6,9,11,14H,2-5,7-8,10,23H2,1H3,(H,27,28)/b13-6+. The van der Waals surface area contributed by atoms with Crippen molar-refractivity contribution in [2.75, 3.05) is 24.5 Å². The molecule has 0 atom stereocenters. The number of rotatable bonds is 4. The summed E-state index contributed by atoms with van der Waals surface area (Å²) >= 11 is 0. The van der Waals surface area contributed by atoms with Crippen molar-refractivity contribution in [1.82, 2.24) is 4.57 Å². The van der Waals surface area contributed by atoms with Gasteiger partial charge in [-0.15, -0.1) is 0 Å². The minimum absolute atomic E-state index is 0.160. The van der Waals surface area contributed by atoms with Gasteiger partial charge in [0.1, 0.15) is 11.4 Å². The predicted molar refractivity (Wildman–Crippen MR) is 107 cm³/mol. The van der Waals surface area contributed by atoms with Gasteiger partial charge in [0.25, 0.3) is 0 Å². The van der Waals surface area contributed by atoms with E-state index in [1.54, 1.807) is 13.0 Å². The monoisotopic (exact) mass is 385 g/mol. The van der Waals surface area contributed by atoms with E-state index < -0.39 is 17.2 Å². The Morgan fingerprint density at radius 3 is 2.82 bits per heavy atom. The largest absolute Gasteiger partial charge is 0.477 e. The van der Waals surface area contributed by atoms with Gasteiger partial charge < -0.3 is 20.3 Å². The number of carbonyl (C=O) groups is 1. The first-order valence-electron chi connectivity index (χ1n) is 9.66. The number of halogens is 1. The fourth-order valence-corrected chi connectivity index (χ4v) is 4.13. The van der Waals surface area contributed by atoms with Gasteiger partial charge in [-0.1, -0.05) is 11.6 Å². The Morgan fingerprint density at radius 2 is 2.18 bits per heavy atom. The van der Waals surface area contributed by atoms with Crippen LogP contribution in [0.25, 0.3) is 10.9 Å². The molecule has 1 aromatic carbocycles. The number of nitrogens with zero attached hydrogens (tertiary/aromatic N) is 2. The molecular formula is C21H24FN3O3. The Kier molecular flexibility index (Phi) is 4.71. The van der Waals surface area contributed by atoms with Crippen LogP contribution in [0.1, 0.15) is 47.6 Å². The van der Waals surface area contributed by atoms with E-state index in [1.165, 1.54) is 11.8 Å². The van der Waals surface area contributed by atoms with Crippen LogP contribution in [0, 0.1) is 12.7 Å². The molecule has 6 nitrogen and oxygen atoms in total. The molecule has 1 saturated heterocycles. The molecule has 0 unspecified atom stereocenters. The summed E-state index contributed by atoms with van der Waals surface area (Å²) in [4.78, 5) is 26.3. The number of carboxylic acids is 1. The van der Waals surface area contributed by atoms with Crippen molar-refractivity contribution in [3.63, 3.8) is 0 Å². The highest BCUT2D eigenvalue weighted by atomic mass is 19.1. The summed E-state index contributed by atoms with van der Waals surface area (Å²) in [5.74, 6) is -1.73. The number of benzene rings is 1. The molecule has 28 heavy (non-hydrogen) atoms. The van der Waals surface area contributed by atoms with Gasteiger partial charge in [0.15, 0.2) is 0 Å². The zero-order chi connectivity index (χ0) is 20.0.